The molecule has 136 valence electrons. The fourth-order valence-electron chi connectivity index (χ4n) is 2.19. The summed E-state index contributed by atoms with van der Waals surface area (Å²) in [5.74, 6) is -0.708. The second kappa shape index (κ2) is 9.58. The third kappa shape index (κ3) is 5.60. The van der Waals surface area contributed by atoms with E-state index in [1.807, 2.05) is 0 Å². The number of rotatable bonds is 8. The summed E-state index contributed by atoms with van der Waals surface area (Å²) >= 11 is 5.24. The highest BCUT2D eigenvalue weighted by Crippen LogP contribution is 2.20. The van der Waals surface area contributed by atoms with Crippen LogP contribution in [0.5, 0.6) is 5.75 Å². The van der Waals surface area contributed by atoms with E-state index < -0.39 is 11.3 Å². The first-order valence-electron chi connectivity index (χ1n) is 7.78. The molecule has 0 atom stereocenters. The third-order valence-corrected chi connectivity index (χ3v) is 3.40. The van der Waals surface area contributed by atoms with E-state index in [0.717, 1.165) is 0 Å². The predicted octanol–water partition coefficient (Wildman–Crippen LogP) is 4.60. The molecule has 0 aromatic heterocycles. The quantitative estimate of drug-likeness (QED) is 0.539. The van der Waals surface area contributed by atoms with Gasteiger partial charge in [-0.2, -0.15) is 4.39 Å². The maximum absolute atomic E-state index is 12.8. The average molecular weight is 378 g/mol. The van der Waals surface area contributed by atoms with Crippen LogP contribution in [0.4, 0.5) is 4.39 Å². The average Bonchev–Trinajstić information content (AvgIpc) is 2.60. The van der Waals surface area contributed by atoms with Crippen molar-refractivity contribution in [3.63, 3.8) is 0 Å². The summed E-state index contributed by atoms with van der Waals surface area (Å²) < 4.78 is 18.5. The highest BCUT2D eigenvalue weighted by Gasteiger charge is 2.17. The first kappa shape index (κ1) is 19.5. The van der Waals surface area contributed by atoms with E-state index in [9.17, 15) is 14.3 Å². The van der Waals surface area contributed by atoms with E-state index in [4.69, 9.17) is 21.2 Å². The zero-order valence-corrected chi connectivity index (χ0v) is 14.7. The van der Waals surface area contributed by atoms with Gasteiger partial charge >= 0.3 is 5.97 Å². The largest absolute Gasteiger partial charge is 0.489 e. The van der Waals surface area contributed by atoms with E-state index in [-0.39, 0.29) is 18.9 Å². The van der Waals surface area contributed by atoms with Gasteiger partial charge in [-0.1, -0.05) is 53.2 Å². The van der Waals surface area contributed by atoms with Crippen molar-refractivity contribution in [1.29, 1.82) is 0 Å². The van der Waals surface area contributed by atoms with Crippen molar-refractivity contribution < 1.29 is 23.9 Å². The summed E-state index contributed by atoms with van der Waals surface area (Å²) in [6, 6.07) is 13.6. The molecule has 0 spiro atoms. The van der Waals surface area contributed by atoms with Crippen LogP contribution in [0.15, 0.2) is 59.0 Å². The Morgan fingerprint density at radius 3 is 2.73 bits per heavy atom. The maximum atomic E-state index is 12.8. The summed E-state index contributed by atoms with van der Waals surface area (Å²) in [7, 11) is 0. The molecule has 26 heavy (non-hydrogen) atoms. The molecule has 0 unspecified atom stereocenters. The zero-order chi connectivity index (χ0) is 18.9. The van der Waals surface area contributed by atoms with Gasteiger partial charge in [-0.3, -0.25) is 0 Å². The predicted molar refractivity (Wildman–Crippen MR) is 98.0 cm³/mol. The van der Waals surface area contributed by atoms with Gasteiger partial charge in [0.15, 0.2) is 11.0 Å². The number of aliphatic carboxylic acids is 1. The van der Waals surface area contributed by atoms with E-state index in [0.29, 0.717) is 22.4 Å². The van der Waals surface area contributed by atoms with E-state index in [1.54, 1.807) is 55.5 Å². The van der Waals surface area contributed by atoms with Gasteiger partial charge in [0, 0.05) is 5.56 Å². The van der Waals surface area contributed by atoms with Gasteiger partial charge in [-0.25, -0.2) is 4.79 Å². The molecule has 0 aliphatic heterocycles. The Morgan fingerprint density at radius 2 is 2.04 bits per heavy atom. The number of carbonyl (C=O) groups is 1. The minimum absolute atomic E-state index is 0.102. The third-order valence-electron chi connectivity index (χ3n) is 3.29. The highest BCUT2D eigenvalue weighted by atomic mass is 35.5. The molecule has 2 aromatic rings. The zero-order valence-electron chi connectivity index (χ0n) is 14.0. The summed E-state index contributed by atoms with van der Waals surface area (Å²) in [4.78, 5) is 16.4. The molecule has 5 nitrogen and oxygen atoms in total. The van der Waals surface area contributed by atoms with Crippen molar-refractivity contribution in [3.8, 4) is 5.75 Å². The molecule has 0 saturated carbocycles. The molecular weight excluding hydrogens is 361 g/mol. The number of hydrogen-bond acceptors (Lipinski definition) is 4. The second-order valence-corrected chi connectivity index (χ2v) is 5.48. The SMILES string of the molecule is CCO/N=C(/C(=O)O)c1ccccc1COc1cccc(C=C(F)Cl)c1. The van der Waals surface area contributed by atoms with E-state index in [1.165, 1.54) is 6.08 Å². The van der Waals surface area contributed by atoms with Crippen LogP contribution in [0.1, 0.15) is 23.6 Å². The Hall–Kier alpha value is -2.86. The molecule has 0 aliphatic carbocycles. The number of nitrogens with zero attached hydrogens (tertiary/aromatic N) is 1. The van der Waals surface area contributed by atoms with Crippen LogP contribution in [0.2, 0.25) is 0 Å². The maximum Gasteiger partial charge on any atom is 0.358 e. The van der Waals surface area contributed by atoms with Crippen molar-refractivity contribution in [2.75, 3.05) is 6.61 Å². The first-order valence-corrected chi connectivity index (χ1v) is 8.16. The number of benzene rings is 2. The molecule has 2 aromatic carbocycles. The van der Waals surface area contributed by atoms with Gasteiger partial charge in [-0.05, 0) is 36.3 Å². The van der Waals surface area contributed by atoms with Crippen LogP contribution >= 0.6 is 11.6 Å². The van der Waals surface area contributed by atoms with Crippen molar-refractivity contribution in [3.05, 3.63) is 70.5 Å². The Kier molecular flexibility index (Phi) is 7.17. The number of carboxylic acids is 1. The van der Waals surface area contributed by atoms with Crippen LogP contribution in [0, 0.1) is 0 Å². The summed E-state index contributed by atoms with van der Waals surface area (Å²) in [6.45, 7) is 2.07. The van der Waals surface area contributed by atoms with Crippen LogP contribution in [-0.4, -0.2) is 23.4 Å². The summed E-state index contributed by atoms with van der Waals surface area (Å²) in [5, 5.41) is 12.2. The van der Waals surface area contributed by atoms with E-state index >= 15 is 0 Å². The molecule has 2 rings (SSSR count). The lowest BCUT2D eigenvalue weighted by Crippen LogP contribution is -2.18. The van der Waals surface area contributed by atoms with E-state index in [2.05, 4.69) is 5.16 Å². The van der Waals surface area contributed by atoms with Gasteiger partial charge in [-0.15, -0.1) is 0 Å². The monoisotopic (exact) mass is 377 g/mol. The summed E-state index contributed by atoms with van der Waals surface area (Å²) in [5.41, 5.74) is 1.37. The van der Waals surface area contributed by atoms with Crippen LogP contribution < -0.4 is 4.74 Å². The number of oxime groups is 1. The van der Waals surface area contributed by atoms with Crippen molar-refractivity contribution in [1.82, 2.24) is 0 Å². The number of hydrogen-bond donors (Lipinski definition) is 1. The molecule has 0 fully saturated rings. The molecule has 7 heteroatoms. The fraction of sp³-hybridized carbons (Fsp3) is 0.158. The standard InChI is InChI=1S/C19H17ClFNO4/c1-2-26-22-18(19(23)24)16-9-4-3-7-14(16)12-25-15-8-5-6-13(10-15)11-17(20)21/h3-11H,2,12H2,1H3,(H,23,24)/b17-11?,22-18+. The number of ether oxygens (including phenoxy) is 1. The van der Waals surface area contributed by atoms with Gasteiger partial charge in [0.25, 0.3) is 0 Å². The molecule has 0 heterocycles. The molecule has 1 N–H and O–H groups in total. The molecule has 0 aliphatic rings. The van der Waals surface area contributed by atoms with Gasteiger partial charge in [0.05, 0.1) is 0 Å². The molecule has 0 radical (unpaired) electrons. The Balaban J connectivity index is 2.23. The Morgan fingerprint density at radius 1 is 1.27 bits per heavy atom. The van der Waals surface area contributed by atoms with Crippen LogP contribution in [0.3, 0.4) is 0 Å². The second-order valence-electron chi connectivity index (χ2n) is 5.12. The normalized spacial score (nSPS) is 12.0. The molecule has 0 amide bonds. The minimum Gasteiger partial charge on any atom is -0.489 e. The lowest BCUT2D eigenvalue weighted by Gasteiger charge is -2.11. The number of halogens is 2. The van der Waals surface area contributed by atoms with Crippen LogP contribution in [-0.2, 0) is 16.2 Å². The fourth-order valence-corrected chi connectivity index (χ4v) is 2.32. The number of carboxylic acid groups (broad SMARTS) is 1. The van der Waals surface area contributed by atoms with Gasteiger partial charge in [0.2, 0.25) is 0 Å². The Labute approximate surface area is 155 Å². The lowest BCUT2D eigenvalue weighted by atomic mass is 10.0. The van der Waals surface area contributed by atoms with Crippen molar-refractivity contribution in [2.24, 2.45) is 5.16 Å². The van der Waals surface area contributed by atoms with Crippen molar-refractivity contribution >= 4 is 29.4 Å². The van der Waals surface area contributed by atoms with Gasteiger partial charge < -0.3 is 14.7 Å². The topological polar surface area (TPSA) is 68.1 Å². The highest BCUT2D eigenvalue weighted by molar-refractivity contribution is 6.42. The molecule has 0 saturated heterocycles. The van der Waals surface area contributed by atoms with Crippen LogP contribution in [0.25, 0.3) is 6.08 Å². The van der Waals surface area contributed by atoms with Crippen molar-refractivity contribution in [2.45, 2.75) is 13.5 Å². The molecule has 0 bridgehead atoms. The first-order chi connectivity index (χ1) is 12.5. The smallest absolute Gasteiger partial charge is 0.358 e. The lowest BCUT2D eigenvalue weighted by molar-refractivity contribution is -0.129. The summed E-state index contributed by atoms with van der Waals surface area (Å²) in [6.07, 6.45) is 1.17. The molecular formula is C19H17ClFNO4. The minimum atomic E-state index is -1.20. The van der Waals surface area contributed by atoms with Gasteiger partial charge in [0.1, 0.15) is 19.0 Å². The Bertz CT molecular complexity index is 832.